The maximum Gasteiger partial charge on any atom is 0.293 e. The molecule has 0 bridgehead atoms. The molecule has 1 aliphatic rings. The fraction of sp³-hybridized carbons (Fsp3) is 0.381. The zero-order valence-corrected chi connectivity index (χ0v) is 16.7. The predicted octanol–water partition coefficient (Wildman–Crippen LogP) is 3.04. The maximum absolute atomic E-state index is 12.4. The molecule has 0 unspecified atom stereocenters. The van der Waals surface area contributed by atoms with Gasteiger partial charge in [-0.1, -0.05) is 12.1 Å². The van der Waals surface area contributed by atoms with Crippen LogP contribution in [-0.2, 0) is 6.54 Å². The molecule has 2 N–H and O–H groups in total. The van der Waals surface area contributed by atoms with Crippen LogP contribution in [-0.4, -0.2) is 49.0 Å². The first-order chi connectivity index (χ1) is 13.9. The van der Waals surface area contributed by atoms with Crippen molar-refractivity contribution in [2.45, 2.75) is 25.4 Å². The number of carbonyl (C=O) groups is 1. The number of anilines is 1. The molecule has 1 fully saturated rings. The highest BCUT2D eigenvalue weighted by atomic mass is 16.6. The Balaban J connectivity index is 1.56. The number of rotatable bonds is 10. The number of amides is 1. The molecule has 1 amide bonds. The van der Waals surface area contributed by atoms with Crippen molar-refractivity contribution in [3.05, 3.63) is 63.7 Å². The van der Waals surface area contributed by atoms with Gasteiger partial charge in [0.1, 0.15) is 18.0 Å². The Morgan fingerprint density at radius 3 is 2.55 bits per heavy atom. The molecule has 8 heteroatoms. The van der Waals surface area contributed by atoms with Crippen LogP contribution in [0.1, 0.15) is 28.8 Å². The molecule has 0 aliphatic heterocycles. The van der Waals surface area contributed by atoms with Gasteiger partial charge in [0.05, 0.1) is 4.92 Å². The molecule has 0 atom stereocenters. The fourth-order valence-corrected chi connectivity index (χ4v) is 2.73. The van der Waals surface area contributed by atoms with Gasteiger partial charge in [-0.3, -0.25) is 14.9 Å². The van der Waals surface area contributed by atoms with E-state index in [-0.39, 0.29) is 17.2 Å². The van der Waals surface area contributed by atoms with Crippen molar-refractivity contribution in [2.75, 3.05) is 32.6 Å². The molecule has 3 rings (SSSR count). The number of hydrogen-bond donors (Lipinski definition) is 2. The van der Waals surface area contributed by atoms with Crippen LogP contribution in [0, 0.1) is 10.1 Å². The third-order valence-corrected chi connectivity index (χ3v) is 4.58. The second-order valence-electron chi connectivity index (χ2n) is 7.39. The molecule has 0 saturated heterocycles. The lowest BCUT2D eigenvalue weighted by Crippen LogP contribution is -2.23. The third kappa shape index (κ3) is 6.18. The van der Waals surface area contributed by atoms with Gasteiger partial charge in [-0.15, -0.1) is 0 Å². The molecule has 8 nitrogen and oxygen atoms in total. The highest BCUT2D eigenvalue weighted by molar-refractivity contribution is 5.95. The van der Waals surface area contributed by atoms with Gasteiger partial charge < -0.3 is 20.3 Å². The zero-order chi connectivity index (χ0) is 20.8. The Labute approximate surface area is 170 Å². The minimum Gasteiger partial charge on any atom is -0.492 e. The first-order valence-corrected chi connectivity index (χ1v) is 9.62. The SMILES string of the molecule is CN(C)CCOc1ccc(CNC(=O)c2ccc(NC3CC3)c([N+](=O)[O-])c2)cc1. The van der Waals surface area contributed by atoms with Crippen LogP contribution in [0.4, 0.5) is 11.4 Å². The summed E-state index contributed by atoms with van der Waals surface area (Å²) in [4.78, 5) is 25.4. The quantitative estimate of drug-likeness (QED) is 0.472. The number of nitro benzene ring substituents is 1. The van der Waals surface area contributed by atoms with E-state index in [1.165, 1.54) is 6.07 Å². The van der Waals surface area contributed by atoms with Crippen LogP contribution < -0.4 is 15.4 Å². The number of ether oxygens (including phenoxy) is 1. The Morgan fingerprint density at radius 1 is 1.21 bits per heavy atom. The molecule has 29 heavy (non-hydrogen) atoms. The second kappa shape index (κ2) is 9.38. The number of carbonyl (C=O) groups excluding carboxylic acids is 1. The maximum atomic E-state index is 12.4. The van der Waals surface area contributed by atoms with Crippen molar-refractivity contribution in [1.82, 2.24) is 10.2 Å². The summed E-state index contributed by atoms with van der Waals surface area (Å²) in [5, 5.41) is 17.3. The van der Waals surface area contributed by atoms with Gasteiger partial charge in [0.2, 0.25) is 0 Å². The summed E-state index contributed by atoms with van der Waals surface area (Å²) >= 11 is 0. The summed E-state index contributed by atoms with van der Waals surface area (Å²) in [6, 6.07) is 12.3. The van der Waals surface area contributed by atoms with Crippen LogP contribution in [0.5, 0.6) is 5.75 Å². The highest BCUT2D eigenvalue weighted by Crippen LogP contribution is 2.31. The van der Waals surface area contributed by atoms with Gasteiger partial charge in [-0.25, -0.2) is 0 Å². The topological polar surface area (TPSA) is 96.7 Å². The lowest BCUT2D eigenvalue weighted by atomic mass is 10.1. The molecular weight excluding hydrogens is 372 g/mol. The number of likely N-dealkylation sites (N-methyl/N-ethyl adjacent to an activating group) is 1. The molecule has 0 heterocycles. The summed E-state index contributed by atoms with van der Waals surface area (Å²) in [7, 11) is 3.97. The lowest BCUT2D eigenvalue weighted by Gasteiger charge is -2.11. The second-order valence-corrected chi connectivity index (χ2v) is 7.39. The fourth-order valence-electron chi connectivity index (χ4n) is 2.73. The van der Waals surface area contributed by atoms with Gasteiger partial charge in [0, 0.05) is 30.8 Å². The summed E-state index contributed by atoms with van der Waals surface area (Å²) in [6.07, 6.45) is 2.03. The van der Waals surface area contributed by atoms with E-state index in [9.17, 15) is 14.9 Å². The number of hydrogen-bond acceptors (Lipinski definition) is 6. The van der Waals surface area contributed by atoms with Crippen LogP contribution in [0.15, 0.2) is 42.5 Å². The van der Waals surface area contributed by atoms with Gasteiger partial charge in [-0.2, -0.15) is 0 Å². The van der Waals surface area contributed by atoms with Gasteiger partial charge in [0.15, 0.2) is 0 Å². The lowest BCUT2D eigenvalue weighted by molar-refractivity contribution is -0.384. The number of nitrogens with zero attached hydrogens (tertiary/aromatic N) is 2. The third-order valence-electron chi connectivity index (χ3n) is 4.58. The highest BCUT2D eigenvalue weighted by Gasteiger charge is 2.25. The predicted molar refractivity (Wildman–Crippen MR) is 111 cm³/mol. The minimum absolute atomic E-state index is 0.0798. The molecule has 0 aromatic heterocycles. The van der Waals surface area contributed by atoms with E-state index < -0.39 is 4.92 Å². The number of benzene rings is 2. The van der Waals surface area contributed by atoms with Crippen LogP contribution in [0.3, 0.4) is 0 Å². The van der Waals surface area contributed by atoms with E-state index in [0.717, 1.165) is 30.7 Å². The van der Waals surface area contributed by atoms with Crippen molar-refractivity contribution in [3.8, 4) is 5.75 Å². The molecule has 1 aliphatic carbocycles. The van der Waals surface area contributed by atoms with Crippen molar-refractivity contribution in [2.24, 2.45) is 0 Å². The molecule has 2 aromatic rings. The first-order valence-electron chi connectivity index (χ1n) is 9.62. The number of nitrogens with one attached hydrogen (secondary N) is 2. The van der Waals surface area contributed by atoms with E-state index in [2.05, 4.69) is 10.6 Å². The van der Waals surface area contributed by atoms with Crippen LogP contribution in [0.2, 0.25) is 0 Å². The van der Waals surface area contributed by atoms with Crippen LogP contribution >= 0.6 is 0 Å². The van der Waals surface area contributed by atoms with Gasteiger partial charge in [-0.05, 0) is 56.8 Å². The number of nitro groups is 1. The summed E-state index contributed by atoms with van der Waals surface area (Å²) < 4.78 is 5.65. The molecule has 1 saturated carbocycles. The van der Waals surface area contributed by atoms with Crippen molar-refractivity contribution >= 4 is 17.3 Å². The normalized spacial score (nSPS) is 13.2. The Kier molecular flexibility index (Phi) is 6.66. The Bertz CT molecular complexity index is 863. The molecule has 2 aromatic carbocycles. The zero-order valence-electron chi connectivity index (χ0n) is 16.7. The van der Waals surface area contributed by atoms with Crippen LogP contribution in [0.25, 0.3) is 0 Å². The summed E-state index contributed by atoms with van der Waals surface area (Å²) in [5.74, 6) is 0.425. The van der Waals surface area contributed by atoms with E-state index in [1.807, 2.05) is 43.3 Å². The van der Waals surface area contributed by atoms with Crippen molar-refractivity contribution in [3.63, 3.8) is 0 Å². The van der Waals surface area contributed by atoms with E-state index in [4.69, 9.17) is 4.74 Å². The largest absolute Gasteiger partial charge is 0.492 e. The van der Waals surface area contributed by atoms with E-state index in [1.54, 1.807) is 12.1 Å². The molecule has 0 spiro atoms. The van der Waals surface area contributed by atoms with Gasteiger partial charge in [0.25, 0.3) is 11.6 Å². The van der Waals surface area contributed by atoms with Crippen molar-refractivity contribution < 1.29 is 14.5 Å². The van der Waals surface area contributed by atoms with E-state index >= 15 is 0 Å². The minimum atomic E-state index is -0.462. The Morgan fingerprint density at radius 2 is 1.93 bits per heavy atom. The molecule has 0 radical (unpaired) electrons. The van der Waals surface area contributed by atoms with E-state index in [0.29, 0.717) is 24.9 Å². The smallest absolute Gasteiger partial charge is 0.293 e. The van der Waals surface area contributed by atoms with Crippen molar-refractivity contribution in [1.29, 1.82) is 0 Å². The monoisotopic (exact) mass is 398 g/mol. The summed E-state index contributed by atoms with van der Waals surface area (Å²) in [5.41, 5.74) is 1.56. The average Bonchev–Trinajstić information content (AvgIpc) is 3.51. The Hall–Kier alpha value is -3.13. The van der Waals surface area contributed by atoms with Gasteiger partial charge >= 0.3 is 0 Å². The molecular formula is C21H26N4O4. The first kappa shape index (κ1) is 20.6. The standard InChI is InChI=1S/C21H26N4O4/c1-24(2)11-12-29-18-8-3-15(4-9-18)14-22-21(26)16-5-10-19(23-17-6-7-17)20(13-16)25(27)28/h3-5,8-10,13,17,23H,6-7,11-12,14H2,1-2H3,(H,22,26). The summed E-state index contributed by atoms with van der Waals surface area (Å²) in [6.45, 7) is 1.76. The molecule has 154 valence electrons. The average molecular weight is 398 g/mol.